The quantitative estimate of drug-likeness (QED) is 0.828. The Bertz CT molecular complexity index is 493. The molecule has 0 bridgehead atoms. The number of urea groups is 1. The minimum absolute atomic E-state index is 0.0944. The zero-order valence-electron chi connectivity index (χ0n) is 11.4. The Hall–Kier alpha value is -2.31. The first-order chi connectivity index (χ1) is 9.43. The maximum Gasteiger partial charge on any atom is 0.317 e. The number of nitrogens with zero attached hydrogens (tertiary/aromatic N) is 1. The van der Waals surface area contributed by atoms with Gasteiger partial charge in [-0.25, -0.2) is 9.18 Å². The van der Waals surface area contributed by atoms with Gasteiger partial charge in [-0.3, -0.25) is 4.79 Å². The van der Waals surface area contributed by atoms with Crippen LogP contribution in [0.4, 0.5) is 9.18 Å². The van der Waals surface area contributed by atoms with E-state index in [1.165, 1.54) is 37.3 Å². The molecule has 20 heavy (non-hydrogen) atoms. The fourth-order valence-corrected chi connectivity index (χ4v) is 1.56. The molecule has 0 aliphatic rings. The predicted octanol–water partition coefficient (Wildman–Crippen LogP) is 1.45. The van der Waals surface area contributed by atoms with Crippen molar-refractivity contribution in [3.05, 3.63) is 29.6 Å². The Morgan fingerprint density at radius 2 is 2.15 bits per heavy atom. The van der Waals surface area contributed by atoms with E-state index >= 15 is 0 Å². The summed E-state index contributed by atoms with van der Waals surface area (Å²) in [7, 11) is 2.94. The van der Waals surface area contributed by atoms with E-state index in [1.54, 1.807) is 0 Å². The summed E-state index contributed by atoms with van der Waals surface area (Å²) in [5.41, 5.74) is 0.507. The van der Waals surface area contributed by atoms with Gasteiger partial charge in [0.25, 0.3) is 0 Å². The smallest absolute Gasteiger partial charge is 0.317 e. The third-order valence-electron chi connectivity index (χ3n) is 2.68. The van der Waals surface area contributed by atoms with E-state index in [-0.39, 0.29) is 19.5 Å². The lowest BCUT2D eigenvalue weighted by Crippen LogP contribution is -2.38. The van der Waals surface area contributed by atoms with Crippen molar-refractivity contribution in [3.8, 4) is 5.75 Å². The second-order valence-electron chi connectivity index (χ2n) is 4.18. The molecule has 0 aliphatic carbocycles. The van der Waals surface area contributed by atoms with Gasteiger partial charge in [0, 0.05) is 25.7 Å². The number of carboxylic acid groups (broad SMARTS) is 1. The number of ether oxygens (including phenoxy) is 1. The van der Waals surface area contributed by atoms with Crippen LogP contribution >= 0.6 is 0 Å². The Labute approximate surface area is 116 Å². The third-order valence-corrected chi connectivity index (χ3v) is 2.68. The lowest BCUT2D eigenvalue weighted by molar-refractivity contribution is -0.137. The van der Waals surface area contributed by atoms with Gasteiger partial charge in [0.15, 0.2) is 0 Å². The minimum atomic E-state index is -0.976. The molecule has 7 heteroatoms. The van der Waals surface area contributed by atoms with Gasteiger partial charge in [-0.15, -0.1) is 0 Å². The van der Waals surface area contributed by atoms with E-state index in [9.17, 15) is 14.0 Å². The highest BCUT2D eigenvalue weighted by Gasteiger charge is 2.11. The first-order valence-corrected chi connectivity index (χ1v) is 5.97. The van der Waals surface area contributed by atoms with Crippen molar-refractivity contribution in [2.24, 2.45) is 0 Å². The van der Waals surface area contributed by atoms with E-state index in [2.05, 4.69) is 5.32 Å². The number of methoxy groups -OCH3 is 1. The summed E-state index contributed by atoms with van der Waals surface area (Å²) < 4.78 is 18.2. The zero-order valence-corrected chi connectivity index (χ0v) is 11.4. The highest BCUT2D eigenvalue weighted by Crippen LogP contribution is 2.18. The average Bonchev–Trinajstić information content (AvgIpc) is 2.42. The second-order valence-corrected chi connectivity index (χ2v) is 4.18. The van der Waals surface area contributed by atoms with Gasteiger partial charge in [0.1, 0.15) is 11.6 Å². The normalized spacial score (nSPS) is 9.95. The van der Waals surface area contributed by atoms with E-state index in [1.807, 2.05) is 0 Å². The van der Waals surface area contributed by atoms with Crippen LogP contribution in [0.15, 0.2) is 18.2 Å². The number of rotatable bonds is 6. The molecule has 2 amide bonds. The van der Waals surface area contributed by atoms with Crippen LogP contribution in [0.5, 0.6) is 5.75 Å². The van der Waals surface area contributed by atoms with Crippen molar-refractivity contribution in [3.63, 3.8) is 0 Å². The lowest BCUT2D eigenvalue weighted by Gasteiger charge is -2.17. The number of aliphatic carboxylic acids is 1. The first-order valence-electron chi connectivity index (χ1n) is 5.97. The van der Waals surface area contributed by atoms with E-state index in [0.29, 0.717) is 11.3 Å². The van der Waals surface area contributed by atoms with E-state index in [0.717, 1.165) is 0 Å². The summed E-state index contributed by atoms with van der Waals surface area (Å²) in [6.45, 7) is 0.193. The largest absolute Gasteiger partial charge is 0.496 e. The van der Waals surface area contributed by atoms with Crippen LogP contribution in [0.25, 0.3) is 0 Å². The molecular weight excluding hydrogens is 267 g/mol. The highest BCUT2D eigenvalue weighted by atomic mass is 19.1. The van der Waals surface area contributed by atoms with E-state index in [4.69, 9.17) is 9.84 Å². The minimum Gasteiger partial charge on any atom is -0.496 e. The fourth-order valence-electron chi connectivity index (χ4n) is 1.56. The first kappa shape index (κ1) is 15.7. The Morgan fingerprint density at radius 1 is 1.45 bits per heavy atom. The molecular formula is C13H17FN2O4. The SMILES string of the molecule is COc1ccc(F)cc1CNC(=O)N(C)CCC(=O)O. The topological polar surface area (TPSA) is 78.9 Å². The average molecular weight is 284 g/mol. The number of carbonyl (C=O) groups excluding carboxylic acids is 1. The van der Waals surface area contributed by atoms with Gasteiger partial charge in [-0.1, -0.05) is 0 Å². The Kier molecular flexibility index (Phi) is 5.76. The molecule has 2 N–H and O–H groups in total. The van der Waals surface area contributed by atoms with Gasteiger partial charge in [0.2, 0.25) is 0 Å². The molecule has 0 radical (unpaired) electrons. The van der Waals surface area contributed by atoms with Gasteiger partial charge in [0.05, 0.1) is 13.5 Å². The van der Waals surface area contributed by atoms with Crippen molar-refractivity contribution in [1.29, 1.82) is 0 Å². The molecule has 0 saturated heterocycles. The molecule has 1 rings (SSSR count). The van der Waals surface area contributed by atoms with Crippen LogP contribution < -0.4 is 10.1 Å². The van der Waals surface area contributed by atoms with Crippen molar-refractivity contribution in [2.75, 3.05) is 20.7 Å². The molecule has 0 atom stereocenters. The van der Waals surface area contributed by atoms with Crippen molar-refractivity contribution in [2.45, 2.75) is 13.0 Å². The second kappa shape index (κ2) is 7.32. The number of carbonyl (C=O) groups is 2. The summed E-state index contributed by atoms with van der Waals surface area (Å²) in [6.07, 6.45) is -0.132. The molecule has 0 spiro atoms. The van der Waals surface area contributed by atoms with Crippen LogP contribution in [0.3, 0.4) is 0 Å². The van der Waals surface area contributed by atoms with Gasteiger partial charge in [-0.2, -0.15) is 0 Å². The van der Waals surface area contributed by atoms with E-state index < -0.39 is 17.8 Å². The number of hydrogen-bond acceptors (Lipinski definition) is 3. The number of benzene rings is 1. The third kappa shape index (κ3) is 4.75. The molecule has 110 valence electrons. The molecule has 0 aliphatic heterocycles. The molecule has 0 aromatic heterocycles. The summed E-state index contributed by atoms with van der Waals surface area (Å²) >= 11 is 0. The molecule has 0 unspecified atom stereocenters. The van der Waals surface area contributed by atoms with Crippen LogP contribution in [0.1, 0.15) is 12.0 Å². The highest BCUT2D eigenvalue weighted by molar-refractivity contribution is 5.75. The summed E-state index contributed by atoms with van der Waals surface area (Å²) in [6, 6.07) is 3.59. The van der Waals surface area contributed by atoms with Crippen LogP contribution in [0, 0.1) is 5.82 Å². The Morgan fingerprint density at radius 3 is 2.75 bits per heavy atom. The lowest BCUT2D eigenvalue weighted by atomic mass is 10.2. The van der Waals surface area contributed by atoms with Crippen molar-refractivity contribution < 1.29 is 23.8 Å². The maximum absolute atomic E-state index is 13.1. The summed E-state index contributed by atoms with van der Waals surface area (Å²) in [4.78, 5) is 23.4. The van der Waals surface area contributed by atoms with Crippen LogP contribution in [-0.4, -0.2) is 42.7 Å². The van der Waals surface area contributed by atoms with Gasteiger partial charge >= 0.3 is 12.0 Å². The number of carboxylic acids is 1. The molecule has 0 heterocycles. The Balaban J connectivity index is 2.56. The summed E-state index contributed by atoms with van der Waals surface area (Å²) in [5, 5.41) is 11.1. The molecule has 1 aromatic carbocycles. The number of nitrogens with one attached hydrogen (secondary N) is 1. The maximum atomic E-state index is 13.1. The predicted molar refractivity (Wildman–Crippen MR) is 70.1 cm³/mol. The van der Waals surface area contributed by atoms with Crippen LogP contribution in [-0.2, 0) is 11.3 Å². The van der Waals surface area contributed by atoms with Gasteiger partial charge in [-0.05, 0) is 18.2 Å². The number of halogens is 1. The standard InChI is InChI=1S/C13H17FN2O4/c1-16(6-5-12(17)18)13(19)15-8-9-7-10(14)3-4-11(9)20-2/h3-4,7H,5-6,8H2,1-2H3,(H,15,19)(H,17,18). The fraction of sp³-hybridized carbons (Fsp3) is 0.385. The molecule has 0 fully saturated rings. The zero-order chi connectivity index (χ0) is 15.1. The molecule has 1 aromatic rings. The number of amides is 2. The molecule has 0 saturated carbocycles. The number of hydrogen-bond donors (Lipinski definition) is 2. The molecule has 6 nitrogen and oxygen atoms in total. The monoisotopic (exact) mass is 284 g/mol. The van der Waals surface area contributed by atoms with Gasteiger partial charge < -0.3 is 20.1 Å². The van der Waals surface area contributed by atoms with Crippen LogP contribution in [0.2, 0.25) is 0 Å². The van der Waals surface area contributed by atoms with Crippen molar-refractivity contribution >= 4 is 12.0 Å². The summed E-state index contributed by atoms with van der Waals surface area (Å²) in [5.74, 6) is -0.925. The van der Waals surface area contributed by atoms with Crippen molar-refractivity contribution in [1.82, 2.24) is 10.2 Å².